The van der Waals surface area contributed by atoms with Crippen LogP contribution in [-0.2, 0) is 9.53 Å². The van der Waals surface area contributed by atoms with Gasteiger partial charge >= 0.3 is 0 Å². The summed E-state index contributed by atoms with van der Waals surface area (Å²) in [5.41, 5.74) is 0.646. The van der Waals surface area contributed by atoms with Gasteiger partial charge in [0.15, 0.2) is 0 Å². The van der Waals surface area contributed by atoms with Crippen molar-refractivity contribution in [3.63, 3.8) is 0 Å². The molecule has 2 nitrogen and oxygen atoms in total. The molecule has 6 unspecified atom stereocenters. The number of carbonyl (C=O) groups excluding carboxylic acids is 1. The van der Waals surface area contributed by atoms with Gasteiger partial charge in [0, 0.05) is 12.0 Å². The zero-order valence-corrected chi connectivity index (χ0v) is 15.5. The van der Waals surface area contributed by atoms with Gasteiger partial charge in [0.1, 0.15) is 6.29 Å². The Labute approximate surface area is 141 Å². The third kappa shape index (κ3) is 1.94. The highest BCUT2D eigenvalue weighted by atomic mass is 16.7. The van der Waals surface area contributed by atoms with Crippen LogP contribution in [0.5, 0.6) is 0 Å². The number of rotatable bonds is 1. The Morgan fingerprint density at radius 1 is 0.870 bits per heavy atom. The smallest absolute Gasteiger partial charge is 0.126 e. The van der Waals surface area contributed by atoms with Gasteiger partial charge in [-0.2, -0.15) is 0 Å². The van der Waals surface area contributed by atoms with Crippen molar-refractivity contribution in [1.82, 2.24) is 0 Å². The highest BCUT2D eigenvalue weighted by Gasteiger charge is 2.66. The molecule has 1 heterocycles. The number of aldehydes is 1. The molecule has 0 aromatic rings. The standard InChI is InChI=1S/C21H34O2/c1-18(2)9-5-10-21(14-22)15(18)6-11-19(3)16-8-13-23-20(16,4)12-7-17(19)21/h14-17H,5-13H2,1-4H3/i1+1,2+1,3+1,4+1,5+1,6+1,7+1,8+1,9+1,10+1,11+1,12+1,13+1,14+1,15+1,16+1,17+1,18+1,19+1,20+1,21+1. The van der Waals surface area contributed by atoms with E-state index in [1.165, 1.54) is 44.8 Å². The van der Waals surface area contributed by atoms with Crippen LogP contribution < -0.4 is 0 Å². The Hall–Kier alpha value is -0.370. The van der Waals surface area contributed by atoms with E-state index < -0.39 is 0 Å². The van der Waals surface area contributed by atoms with Crippen molar-refractivity contribution in [2.75, 3.05) is 6.61 Å². The van der Waals surface area contributed by atoms with E-state index in [9.17, 15) is 4.79 Å². The average molecular weight is 339 g/mol. The van der Waals surface area contributed by atoms with E-state index in [1.807, 2.05) is 0 Å². The first-order valence-electron chi connectivity index (χ1n) is 9.89. The van der Waals surface area contributed by atoms with Crippen molar-refractivity contribution >= 4 is 6.29 Å². The first kappa shape index (κ1) is 16.1. The molecule has 130 valence electrons. The Morgan fingerprint density at radius 3 is 2.35 bits per heavy atom. The van der Waals surface area contributed by atoms with E-state index >= 15 is 0 Å². The minimum Gasteiger partial charge on any atom is -0.375 e. The van der Waals surface area contributed by atoms with Crippen molar-refractivity contribution in [1.29, 1.82) is 0 Å². The van der Waals surface area contributed by atoms with E-state index in [0.29, 0.717) is 28.6 Å². The molecule has 2 heteroatoms. The van der Waals surface area contributed by atoms with E-state index in [2.05, 4.69) is 27.7 Å². The molecule has 1 saturated heterocycles. The third-order valence-corrected chi connectivity index (χ3v) is 8.96. The topological polar surface area (TPSA) is 26.3 Å². The summed E-state index contributed by atoms with van der Waals surface area (Å²) in [7, 11) is 0. The lowest BCUT2D eigenvalue weighted by Gasteiger charge is -2.66. The quantitative estimate of drug-likeness (QED) is 0.496. The maximum absolute atomic E-state index is 12.5. The van der Waals surface area contributed by atoms with Crippen LogP contribution in [0.2, 0.25) is 0 Å². The van der Waals surface area contributed by atoms with Gasteiger partial charge in [-0.1, -0.05) is 27.2 Å². The van der Waals surface area contributed by atoms with Gasteiger partial charge in [-0.3, -0.25) is 0 Å². The van der Waals surface area contributed by atoms with Gasteiger partial charge in [0.25, 0.3) is 0 Å². The summed E-state index contributed by atoms with van der Waals surface area (Å²) in [5.74, 6) is 1.81. The SMILES string of the molecule is [13CH3][13C]1([13CH3])[13CH2][13CH2][13CH2][13C]2([13CH]=O)[13CH]1[13CH2][13CH2][13C]1([13CH3])[13CH]3[13CH2][13CH2]O[13C]3([13CH3])[13CH2][13CH2][13CH]12. The van der Waals surface area contributed by atoms with Crippen LogP contribution in [-0.4, -0.2) is 18.5 Å². The maximum atomic E-state index is 12.5. The first-order valence-corrected chi connectivity index (χ1v) is 9.89. The van der Waals surface area contributed by atoms with Gasteiger partial charge in [-0.25, -0.2) is 0 Å². The number of carbonyl (C=O) groups is 1. The Bertz CT molecular complexity index is 512. The molecule has 23 heavy (non-hydrogen) atoms. The molecule has 0 aromatic heterocycles. The largest absolute Gasteiger partial charge is 0.375 e. The Kier molecular flexibility index (Phi) is 3.39. The predicted molar refractivity (Wildman–Crippen MR) is 92.1 cm³/mol. The molecule has 4 aliphatic rings. The molecule has 4 fully saturated rings. The summed E-state index contributed by atoms with van der Waals surface area (Å²) in [6.45, 7) is 10.6. The zero-order valence-electron chi connectivity index (χ0n) is 15.5. The zero-order chi connectivity index (χ0) is 16.5. The molecular formula is C21H34O2. The fourth-order valence-corrected chi connectivity index (χ4v) is 8.01. The summed E-state index contributed by atoms with van der Waals surface area (Å²) in [6.07, 6.45) is 11.2. The van der Waals surface area contributed by atoms with Gasteiger partial charge in [-0.05, 0) is 80.5 Å². The monoisotopic (exact) mass is 339 g/mol. The first-order chi connectivity index (χ1) is 10.8. The molecule has 3 aliphatic carbocycles. The van der Waals surface area contributed by atoms with E-state index in [-0.39, 0.29) is 11.0 Å². The summed E-state index contributed by atoms with van der Waals surface area (Å²) >= 11 is 0. The summed E-state index contributed by atoms with van der Waals surface area (Å²) in [5, 5.41) is 0. The highest BCUT2D eigenvalue weighted by Crippen LogP contribution is 2.70. The van der Waals surface area contributed by atoms with E-state index in [4.69, 9.17) is 4.74 Å². The van der Waals surface area contributed by atoms with Crippen LogP contribution in [0.15, 0.2) is 0 Å². The Balaban J connectivity index is 1.78. The van der Waals surface area contributed by atoms with E-state index in [0.717, 1.165) is 19.4 Å². The van der Waals surface area contributed by atoms with Crippen molar-refractivity contribution < 1.29 is 9.53 Å². The van der Waals surface area contributed by atoms with Gasteiger partial charge in [-0.15, -0.1) is 0 Å². The molecule has 0 amide bonds. The van der Waals surface area contributed by atoms with Crippen LogP contribution >= 0.6 is 0 Å². The lowest BCUT2D eigenvalue weighted by Crippen LogP contribution is -2.63. The molecule has 3 saturated carbocycles. The normalized spacial score (nSPS) is 54.7. The van der Waals surface area contributed by atoms with Crippen LogP contribution in [0.4, 0.5) is 0 Å². The number of fused-ring (bicyclic) bond motifs is 5. The van der Waals surface area contributed by atoms with Crippen molar-refractivity contribution in [2.24, 2.45) is 34.0 Å². The molecule has 0 bridgehead atoms. The Morgan fingerprint density at radius 2 is 1.61 bits per heavy atom. The second kappa shape index (κ2) is 4.84. The number of ether oxygens (including phenoxy) is 1. The fraction of sp³-hybridized carbons (Fsp3) is 0.952. The molecule has 1 aliphatic heterocycles. The minimum absolute atomic E-state index is 0.0569. The van der Waals surface area contributed by atoms with Crippen LogP contribution in [0.3, 0.4) is 0 Å². The van der Waals surface area contributed by atoms with Crippen LogP contribution in [0.25, 0.3) is 0 Å². The molecule has 6 atom stereocenters. The molecule has 0 radical (unpaired) electrons. The lowest BCUT2D eigenvalue weighted by atomic mass is 10.4. The van der Waals surface area contributed by atoms with Gasteiger partial charge < -0.3 is 9.53 Å². The molecule has 0 N–H and O–H groups in total. The third-order valence-electron chi connectivity index (χ3n) is 8.96. The molecular weight excluding hydrogens is 305 g/mol. The van der Waals surface area contributed by atoms with Gasteiger partial charge in [0.05, 0.1) is 5.60 Å². The summed E-state index contributed by atoms with van der Waals surface area (Å²) in [4.78, 5) is 12.5. The van der Waals surface area contributed by atoms with Crippen molar-refractivity contribution in [2.45, 2.75) is 84.7 Å². The minimum atomic E-state index is -0.0569. The lowest BCUT2D eigenvalue weighted by molar-refractivity contribution is -0.197. The highest BCUT2D eigenvalue weighted by molar-refractivity contribution is 5.62. The molecule has 0 spiro atoms. The second-order valence-corrected chi connectivity index (χ2v) is 10.3. The van der Waals surface area contributed by atoms with Crippen LogP contribution in [0, 0.1) is 34.0 Å². The fourth-order valence-electron chi connectivity index (χ4n) is 8.01. The van der Waals surface area contributed by atoms with Gasteiger partial charge in [0.2, 0.25) is 0 Å². The average Bonchev–Trinajstić information content (AvgIpc) is 2.89. The summed E-state index contributed by atoms with van der Waals surface area (Å²) < 4.78 is 6.21. The van der Waals surface area contributed by atoms with Crippen molar-refractivity contribution in [3.8, 4) is 0 Å². The summed E-state index contributed by atoms with van der Waals surface area (Å²) in [6, 6.07) is 0. The molecule has 4 rings (SSSR count). The molecule has 0 aromatic carbocycles. The predicted octanol–water partition coefficient (Wildman–Crippen LogP) is 5.00. The van der Waals surface area contributed by atoms with E-state index in [1.54, 1.807) is 0 Å². The number of hydrogen-bond acceptors (Lipinski definition) is 2. The maximum Gasteiger partial charge on any atom is 0.126 e. The van der Waals surface area contributed by atoms with Crippen LogP contribution in [0.1, 0.15) is 79.1 Å². The second-order valence-electron chi connectivity index (χ2n) is 10.3. The van der Waals surface area contributed by atoms with Crippen molar-refractivity contribution in [3.05, 3.63) is 0 Å². The number of hydrogen-bond donors (Lipinski definition) is 0.